The lowest BCUT2D eigenvalue weighted by atomic mass is 10.1. The monoisotopic (exact) mass is 284 g/mol. The summed E-state index contributed by atoms with van der Waals surface area (Å²) >= 11 is 0. The Bertz CT molecular complexity index is 233. The zero-order chi connectivity index (χ0) is 14.8. The Balaban J connectivity index is 2.01. The number of nitrogens with one attached hydrogen (secondary N) is 1. The van der Waals surface area contributed by atoms with E-state index in [1.807, 2.05) is 0 Å². The first-order valence-electron chi connectivity index (χ1n) is 8.69. The molecule has 1 aliphatic heterocycles. The van der Waals surface area contributed by atoms with Crippen molar-refractivity contribution in [1.29, 1.82) is 0 Å². The van der Waals surface area contributed by atoms with Gasteiger partial charge in [-0.1, -0.05) is 33.6 Å². The zero-order valence-electron chi connectivity index (χ0n) is 14.2. The van der Waals surface area contributed by atoms with Crippen molar-refractivity contribution in [3.8, 4) is 0 Å². The lowest BCUT2D eigenvalue weighted by molar-refractivity contribution is -0.0360. The normalized spacial score (nSPS) is 22.4. The van der Waals surface area contributed by atoms with Crippen molar-refractivity contribution in [2.75, 3.05) is 32.8 Å². The van der Waals surface area contributed by atoms with Gasteiger partial charge in [0.1, 0.15) is 0 Å². The van der Waals surface area contributed by atoms with Crippen LogP contribution in [0, 0.1) is 5.92 Å². The van der Waals surface area contributed by atoms with E-state index in [0.29, 0.717) is 12.1 Å². The molecule has 2 atom stereocenters. The number of nitrogens with zero attached hydrogens (tertiary/aromatic N) is 1. The molecule has 0 aromatic carbocycles. The zero-order valence-corrected chi connectivity index (χ0v) is 14.2. The van der Waals surface area contributed by atoms with E-state index in [1.54, 1.807) is 0 Å². The maximum atomic E-state index is 5.89. The summed E-state index contributed by atoms with van der Waals surface area (Å²) in [5, 5.41) is 3.56. The summed E-state index contributed by atoms with van der Waals surface area (Å²) in [5.41, 5.74) is 0. The molecule has 0 amide bonds. The Labute approximate surface area is 126 Å². The van der Waals surface area contributed by atoms with Gasteiger partial charge in [-0.15, -0.1) is 0 Å². The van der Waals surface area contributed by atoms with Crippen LogP contribution in [0.4, 0.5) is 0 Å². The predicted molar refractivity (Wildman–Crippen MR) is 87.2 cm³/mol. The van der Waals surface area contributed by atoms with Crippen molar-refractivity contribution in [2.45, 2.75) is 71.9 Å². The van der Waals surface area contributed by atoms with Crippen molar-refractivity contribution >= 4 is 0 Å². The number of hydrogen-bond acceptors (Lipinski definition) is 3. The largest absolute Gasteiger partial charge is 0.376 e. The van der Waals surface area contributed by atoms with Crippen LogP contribution in [-0.2, 0) is 4.74 Å². The third-order valence-electron chi connectivity index (χ3n) is 4.15. The van der Waals surface area contributed by atoms with Gasteiger partial charge in [-0.25, -0.2) is 0 Å². The quantitative estimate of drug-likeness (QED) is 0.623. The molecule has 1 unspecified atom stereocenters. The molecular weight excluding hydrogens is 248 g/mol. The lowest BCUT2D eigenvalue weighted by Crippen LogP contribution is -2.43. The van der Waals surface area contributed by atoms with Gasteiger partial charge in [0.25, 0.3) is 0 Å². The van der Waals surface area contributed by atoms with E-state index in [-0.39, 0.29) is 0 Å². The number of unbranched alkanes of at least 4 members (excludes halogenated alkanes) is 2. The molecule has 120 valence electrons. The third kappa shape index (κ3) is 8.23. The molecule has 1 rings (SSSR count). The first-order chi connectivity index (χ1) is 9.61. The Morgan fingerprint density at radius 2 is 2.00 bits per heavy atom. The van der Waals surface area contributed by atoms with E-state index < -0.39 is 0 Å². The molecule has 0 aromatic rings. The molecule has 1 fully saturated rings. The van der Waals surface area contributed by atoms with Gasteiger partial charge in [0.2, 0.25) is 0 Å². The average Bonchev–Trinajstić information content (AvgIpc) is 2.42. The molecule has 1 aliphatic rings. The van der Waals surface area contributed by atoms with Gasteiger partial charge in [-0.05, 0) is 38.6 Å². The van der Waals surface area contributed by atoms with Crippen LogP contribution >= 0.6 is 0 Å². The van der Waals surface area contributed by atoms with Crippen molar-refractivity contribution in [1.82, 2.24) is 10.2 Å². The fourth-order valence-electron chi connectivity index (χ4n) is 2.80. The van der Waals surface area contributed by atoms with Crippen LogP contribution in [0.3, 0.4) is 0 Å². The molecule has 1 N–H and O–H groups in total. The predicted octanol–water partition coefficient (Wildman–Crippen LogP) is 3.29. The first-order valence-corrected chi connectivity index (χ1v) is 8.69. The van der Waals surface area contributed by atoms with Crippen LogP contribution < -0.4 is 5.32 Å². The fraction of sp³-hybridized carbons (Fsp3) is 1.00. The van der Waals surface area contributed by atoms with E-state index in [1.165, 1.54) is 45.2 Å². The highest BCUT2D eigenvalue weighted by atomic mass is 16.5. The summed E-state index contributed by atoms with van der Waals surface area (Å²) < 4.78 is 5.89. The molecule has 0 aromatic heterocycles. The standard InChI is InChI=1S/C17H36N2O/c1-5-16(4)18-10-8-6-7-9-17-14-19(11-12-20-17)13-15(2)3/h15-18H,5-14H2,1-4H3/t16?,17-/m1/s1. The topological polar surface area (TPSA) is 24.5 Å². The molecule has 3 nitrogen and oxygen atoms in total. The van der Waals surface area contributed by atoms with E-state index >= 15 is 0 Å². The van der Waals surface area contributed by atoms with E-state index in [9.17, 15) is 0 Å². The van der Waals surface area contributed by atoms with Gasteiger partial charge in [-0.2, -0.15) is 0 Å². The molecule has 0 aliphatic carbocycles. The van der Waals surface area contributed by atoms with Crippen LogP contribution in [0.1, 0.15) is 59.8 Å². The number of morpholine rings is 1. The van der Waals surface area contributed by atoms with Crippen LogP contribution in [0.15, 0.2) is 0 Å². The Kier molecular flexibility index (Phi) is 9.49. The second kappa shape index (κ2) is 10.6. The second-order valence-electron chi connectivity index (χ2n) is 6.76. The third-order valence-corrected chi connectivity index (χ3v) is 4.15. The highest BCUT2D eigenvalue weighted by Crippen LogP contribution is 2.13. The second-order valence-corrected chi connectivity index (χ2v) is 6.76. The molecule has 1 saturated heterocycles. The summed E-state index contributed by atoms with van der Waals surface area (Å²) in [6.45, 7) is 14.7. The van der Waals surface area contributed by atoms with E-state index in [4.69, 9.17) is 4.74 Å². The average molecular weight is 284 g/mol. The van der Waals surface area contributed by atoms with Gasteiger partial charge in [0.15, 0.2) is 0 Å². The highest BCUT2D eigenvalue weighted by molar-refractivity contribution is 4.72. The summed E-state index contributed by atoms with van der Waals surface area (Å²) in [6, 6.07) is 0.668. The highest BCUT2D eigenvalue weighted by Gasteiger charge is 2.20. The smallest absolute Gasteiger partial charge is 0.0702 e. The minimum absolute atomic E-state index is 0.477. The van der Waals surface area contributed by atoms with Crippen LogP contribution in [0.25, 0.3) is 0 Å². The van der Waals surface area contributed by atoms with Crippen LogP contribution in [0.2, 0.25) is 0 Å². The molecule has 1 heterocycles. The first kappa shape index (κ1) is 17.9. The summed E-state index contributed by atoms with van der Waals surface area (Å²) in [4.78, 5) is 2.57. The van der Waals surface area contributed by atoms with Crippen molar-refractivity contribution in [3.05, 3.63) is 0 Å². The molecule has 3 heteroatoms. The van der Waals surface area contributed by atoms with Gasteiger partial charge in [0, 0.05) is 25.7 Å². The van der Waals surface area contributed by atoms with Crippen molar-refractivity contribution in [2.24, 2.45) is 5.92 Å². The number of hydrogen-bond donors (Lipinski definition) is 1. The van der Waals surface area contributed by atoms with E-state index in [0.717, 1.165) is 25.6 Å². The summed E-state index contributed by atoms with van der Waals surface area (Å²) in [7, 11) is 0. The Hall–Kier alpha value is -0.120. The number of ether oxygens (including phenoxy) is 1. The van der Waals surface area contributed by atoms with Crippen LogP contribution in [-0.4, -0.2) is 49.8 Å². The molecular formula is C17H36N2O. The minimum atomic E-state index is 0.477. The van der Waals surface area contributed by atoms with Crippen LogP contribution in [0.5, 0.6) is 0 Å². The molecule has 20 heavy (non-hydrogen) atoms. The molecule has 0 radical (unpaired) electrons. The van der Waals surface area contributed by atoms with E-state index in [2.05, 4.69) is 37.9 Å². The van der Waals surface area contributed by atoms with Gasteiger partial charge < -0.3 is 10.1 Å². The SMILES string of the molecule is CCC(C)NCCCCC[C@@H]1CN(CC(C)C)CCO1. The molecule has 0 saturated carbocycles. The Morgan fingerprint density at radius 1 is 1.20 bits per heavy atom. The van der Waals surface area contributed by atoms with Gasteiger partial charge in [0.05, 0.1) is 12.7 Å². The van der Waals surface area contributed by atoms with Crippen molar-refractivity contribution in [3.63, 3.8) is 0 Å². The summed E-state index contributed by atoms with van der Waals surface area (Å²) in [6.07, 6.45) is 6.87. The number of rotatable bonds is 10. The van der Waals surface area contributed by atoms with Gasteiger partial charge >= 0.3 is 0 Å². The maximum Gasteiger partial charge on any atom is 0.0702 e. The Morgan fingerprint density at radius 3 is 2.70 bits per heavy atom. The fourth-order valence-corrected chi connectivity index (χ4v) is 2.80. The molecule has 0 bridgehead atoms. The summed E-state index contributed by atoms with van der Waals surface area (Å²) in [5.74, 6) is 0.764. The van der Waals surface area contributed by atoms with Gasteiger partial charge in [-0.3, -0.25) is 4.90 Å². The maximum absolute atomic E-state index is 5.89. The minimum Gasteiger partial charge on any atom is -0.376 e. The lowest BCUT2D eigenvalue weighted by Gasteiger charge is -2.34. The molecule has 0 spiro atoms. The van der Waals surface area contributed by atoms with Crippen molar-refractivity contribution < 1.29 is 4.74 Å².